The van der Waals surface area contributed by atoms with E-state index in [4.69, 9.17) is 0 Å². The normalized spacial score (nSPS) is 17.2. The topological polar surface area (TPSA) is 33.1 Å². The molecular weight excluding hydrogens is 405 g/mol. The second kappa shape index (κ2) is 9.65. The SMILES string of the molecule is CCn1c(CN2CCNCC2c2cccc(F)c2)nc2c(F)cccc21.Cl.Cl. The summed E-state index contributed by atoms with van der Waals surface area (Å²) in [5, 5.41) is 3.38. The lowest BCUT2D eigenvalue weighted by atomic mass is 10.0. The first-order valence-corrected chi connectivity index (χ1v) is 9.01. The van der Waals surface area contributed by atoms with E-state index in [9.17, 15) is 8.78 Å². The molecule has 2 aromatic carbocycles. The summed E-state index contributed by atoms with van der Waals surface area (Å²) in [5.41, 5.74) is 2.18. The van der Waals surface area contributed by atoms with Gasteiger partial charge in [-0.25, -0.2) is 13.8 Å². The Hall–Kier alpha value is -1.73. The maximum absolute atomic E-state index is 14.1. The quantitative estimate of drug-likeness (QED) is 0.671. The van der Waals surface area contributed by atoms with Gasteiger partial charge in [-0.3, -0.25) is 4.90 Å². The Balaban J connectivity index is 0.00000140. The summed E-state index contributed by atoms with van der Waals surface area (Å²) in [6, 6.07) is 11.9. The molecule has 152 valence electrons. The highest BCUT2D eigenvalue weighted by atomic mass is 35.5. The molecule has 4 rings (SSSR count). The van der Waals surface area contributed by atoms with E-state index in [1.165, 1.54) is 12.1 Å². The number of nitrogens with one attached hydrogen (secondary N) is 1. The number of nitrogens with zero attached hydrogens (tertiary/aromatic N) is 3. The summed E-state index contributed by atoms with van der Waals surface area (Å²) in [4.78, 5) is 6.86. The van der Waals surface area contributed by atoms with Gasteiger partial charge in [0.2, 0.25) is 0 Å². The molecule has 1 fully saturated rings. The number of aryl methyl sites for hydroxylation is 1. The standard InChI is InChI=1S/C20H22F2N4.2ClH/c1-2-26-17-8-4-7-16(22)20(17)24-19(26)13-25-10-9-23-12-18(25)14-5-3-6-15(21)11-14;;/h3-8,11,18,23H,2,9-10,12-13H2,1H3;2*1H. The maximum atomic E-state index is 14.1. The van der Waals surface area contributed by atoms with Crippen molar-refractivity contribution in [2.45, 2.75) is 26.1 Å². The predicted molar refractivity (Wildman–Crippen MR) is 112 cm³/mol. The third kappa shape index (κ3) is 4.30. The van der Waals surface area contributed by atoms with Crippen LogP contribution in [0.15, 0.2) is 42.5 Å². The van der Waals surface area contributed by atoms with Gasteiger partial charge in [-0.2, -0.15) is 0 Å². The number of hydrogen-bond acceptors (Lipinski definition) is 3. The van der Waals surface area contributed by atoms with Crippen LogP contribution in [0.1, 0.15) is 24.4 Å². The number of benzene rings is 2. The van der Waals surface area contributed by atoms with Gasteiger partial charge in [0.25, 0.3) is 0 Å². The van der Waals surface area contributed by atoms with Crippen LogP contribution in [0.4, 0.5) is 8.78 Å². The minimum absolute atomic E-state index is 0. The summed E-state index contributed by atoms with van der Waals surface area (Å²) in [5.74, 6) is 0.324. The van der Waals surface area contributed by atoms with Crippen molar-refractivity contribution in [2.24, 2.45) is 0 Å². The van der Waals surface area contributed by atoms with E-state index in [0.717, 1.165) is 43.1 Å². The van der Waals surface area contributed by atoms with Gasteiger partial charge in [0.1, 0.15) is 17.2 Å². The van der Waals surface area contributed by atoms with Gasteiger partial charge in [-0.15, -0.1) is 24.8 Å². The molecule has 4 nitrogen and oxygen atoms in total. The van der Waals surface area contributed by atoms with Gasteiger partial charge in [0, 0.05) is 32.2 Å². The number of piperazine rings is 1. The third-order valence-electron chi connectivity index (χ3n) is 5.06. The lowest BCUT2D eigenvalue weighted by molar-refractivity contribution is 0.148. The molecule has 1 aliphatic heterocycles. The minimum atomic E-state index is -0.294. The lowest BCUT2D eigenvalue weighted by Gasteiger charge is -2.36. The molecule has 0 spiro atoms. The molecule has 1 aromatic heterocycles. The summed E-state index contributed by atoms with van der Waals surface area (Å²) in [6.07, 6.45) is 0. The van der Waals surface area contributed by atoms with Crippen LogP contribution in [-0.2, 0) is 13.1 Å². The summed E-state index contributed by atoms with van der Waals surface area (Å²) >= 11 is 0. The zero-order valence-corrected chi connectivity index (χ0v) is 17.2. The summed E-state index contributed by atoms with van der Waals surface area (Å²) < 4.78 is 29.9. The fourth-order valence-electron chi connectivity index (χ4n) is 3.79. The minimum Gasteiger partial charge on any atom is -0.327 e. The zero-order chi connectivity index (χ0) is 18.1. The van der Waals surface area contributed by atoms with Gasteiger partial charge in [-0.05, 0) is 36.8 Å². The molecular formula is C20H24Cl2F2N4. The summed E-state index contributed by atoms with van der Waals surface area (Å²) in [7, 11) is 0. The maximum Gasteiger partial charge on any atom is 0.151 e. The van der Waals surface area contributed by atoms with Crippen molar-refractivity contribution in [3.05, 3.63) is 65.5 Å². The Bertz CT molecular complexity index is 932. The average Bonchev–Trinajstić information content (AvgIpc) is 3.01. The number of fused-ring (bicyclic) bond motifs is 1. The van der Waals surface area contributed by atoms with Crippen LogP contribution >= 0.6 is 24.8 Å². The lowest BCUT2D eigenvalue weighted by Crippen LogP contribution is -2.45. The largest absolute Gasteiger partial charge is 0.327 e. The third-order valence-corrected chi connectivity index (χ3v) is 5.06. The number of para-hydroxylation sites is 1. The van der Waals surface area contributed by atoms with Crippen molar-refractivity contribution in [3.63, 3.8) is 0 Å². The van der Waals surface area contributed by atoms with Gasteiger partial charge >= 0.3 is 0 Å². The molecule has 1 saturated heterocycles. The molecule has 3 aromatic rings. The van der Waals surface area contributed by atoms with Gasteiger partial charge in [-0.1, -0.05) is 18.2 Å². The van der Waals surface area contributed by atoms with E-state index in [0.29, 0.717) is 12.1 Å². The zero-order valence-electron chi connectivity index (χ0n) is 15.6. The molecule has 1 atom stereocenters. The van der Waals surface area contributed by atoms with Crippen LogP contribution in [0.2, 0.25) is 0 Å². The number of halogens is 4. The van der Waals surface area contributed by atoms with Crippen LogP contribution in [0.25, 0.3) is 11.0 Å². The first-order chi connectivity index (χ1) is 12.7. The van der Waals surface area contributed by atoms with Crippen molar-refractivity contribution in [1.82, 2.24) is 19.8 Å². The smallest absolute Gasteiger partial charge is 0.151 e. The van der Waals surface area contributed by atoms with Crippen LogP contribution < -0.4 is 5.32 Å². The predicted octanol–water partition coefficient (Wildman–Crippen LogP) is 4.32. The highest BCUT2D eigenvalue weighted by Crippen LogP contribution is 2.26. The Morgan fingerprint density at radius 3 is 2.68 bits per heavy atom. The highest BCUT2D eigenvalue weighted by molar-refractivity contribution is 5.85. The number of hydrogen-bond donors (Lipinski definition) is 1. The number of imidazole rings is 1. The monoisotopic (exact) mass is 428 g/mol. The second-order valence-corrected chi connectivity index (χ2v) is 6.63. The Labute approximate surface area is 175 Å². The Morgan fingerprint density at radius 2 is 1.93 bits per heavy atom. The Morgan fingerprint density at radius 1 is 1.14 bits per heavy atom. The van der Waals surface area contributed by atoms with Crippen molar-refractivity contribution in [3.8, 4) is 0 Å². The summed E-state index contributed by atoms with van der Waals surface area (Å²) in [6.45, 7) is 5.82. The van der Waals surface area contributed by atoms with Crippen LogP contribution in [0, 0.1) is 11.6 Å². The van der Waals surface area contributed by atoms with E-state index in [-0.39, 0.29) is 42.5 Å². The Kier molecular flexibility index (Phi) is 7.78. The van der Waals surface area contributed by atoms with Crippen molar-refractivity contribution in [1.29, 1.82) is 0 Å². The van der Waals surface area contributed by atoms with Gasteiger partial charge in [0.05, 0.1) is 12.1 Å². The molecule has 1 aliphatic rings. The fraction of sp³-hybridized carbons (Fsp3) is 0.350. The van der Waals surface area contributed by atoms with E-state index in [1.54, 1.807) is 18.2 Å². The van der Waals surface area contributed by atoms with Gasteiger partial charge < -0.3 is 9.88 Å². The molecule has 0 radical (unpaired) electrons. The van der Waals surface area contributed by atoms with E-state index in [1.807, 2.05) is 19.1 Å². The van der Waals surface area contributed by atoms with E-state index in [2.05, 4.69) is 19.8 Å². The molecule has 0 saturated carbocycles. The average molecular weight is 429 g/mol. The molecule has 0 amide bonds. The van der Waals surface area contributed by atoms with Crippen molar-refractivity contribution >= 4 is 35.8 Å². The molecule has 1 unspecified atom stereocenters. The molecule has 2 heterocycles. The number of aromatic nitrogens is 2. The molecule has 1 N–H and O–H groups in total. The van der Waals surface area contributed by atoms with Crippen LogP contribution in [0.3, 0.4) is 0 Å². The van der Waals surface area contributed by atoms with Crippen molar-refractivity contribution in [2.75, 3.05) is 19.6 Å². The number of rotatable bonds is 4. The van der Waals surface area contributed by atoms with Crippen LogP contribution in [0.5, 0.6) is 0 Å². The molecule has 28 heavy (non-hydrogen) atoms. The molecule has 8 heteroatoms. The highest BCUT2D eigenvalue weighted by Gasteiger charge is 2.26. The van der Waals surface area contributed by atoms with Crippen molar-refractivity contribution < 1.29 is 8.78 Å². The van der Waals surface area contributed by atoms with E-state index < -0.39 is 0 Å². The first kappa shape index (κ1) is 22.6. The molecule has 0 aliphatic carbocycles. The first-order valence-electron chi connectivity index (χ1n) is 9.01. The fourth-order valence-corrected chi connectivity index (χ4v) is 3.79. The molecule has 0 bridgehead atoms. The van der Waals surface area contributed by atoms with Gasteiger partial charge in [0.15, 0.2) is 5.82 Å². The second-order valence-electron chi connectivity index (χ2n) is 6.63. The van der Waals surface area contributed by atoms with E-state index >= 15 is 0 Å². The van der Waals surface area contributed by atoms with Crippen LogP contribution in [-0.4, -0.2) is 34.1 Å².